The third-order valence-corrected chi connectivity index (χ3v) is 3.53. The van der Waals surface area contributed by atoms with E-state index in [-0.39, 0.29) is 5.75 Å². The predicted molar refractivity (Wildman–Crippen MR) is 79.7 cm³/mol. The number of thioether (sulfide) groups is 1. The highest BCUT2D eigenvalue weighted by Gasteiger charge is 2.14. The number of carbonyl (C=O) groups excluding carboxylic acids is 1. The standard InChI is InChI=1S/C15H16O4S/c1-3-8-18-15(17)19-12-9-13(20-2)14(16)11-7-5-4-6-10(11)12/h4-7,9,16H,3,8H2,1-2H3. The maximum Gasteiger partial charge on any atom is 0.513 e. The van der Waals surface area contributed by atoms with Gasteiger partial charge in [0.25, 0.3) is 0 Å². The lowest BCUT2D eigenvalue weighted by Gasteiger charge is -2.11. The van der Waals surface area contributed by atoms with Crippen LogP contribution < -0.4 is 4.74 Å². The molecule has 2 aromatic carbocycles. The number of hydrogen-bond acceptors (Lipinski definition) is 5. The number of phenols is 1. The van der Waals surface area contributed by atoms with Crippen molar-refractivity contribution in [3.8, 4) is 11.5 Å². The molecule has 0 saturated carbocycles. The Labute approximate surface area is 121 Å². The van der Waals surface area contributed by atoms with Crippen LogP contribution >= 0.6 is 11.8 Å². The molecule has 2 rings (SSSR count). The summed E-state index contributed by atoms with van der Waals surface area (Å²) >= 11 is 1.39. The van der Waals surface area contributed by atoms with Gasteiger partial charge >= 0.3 is 6.16 Å². The monoisotopic (exact) mass is 292 g/mol. The van der Waals surface area contributed by atoms with Crippen LogP contribution in [-0.4, -0.2) is 24.1 Å². The molecule has 0 amide bonds. The SMILES string of the molecule is CCCOC(=O)Oc1cc(SC)c(O)c2ccccc12. The molecule has 1 N–H and O–H groups in total. The Hall–Kier alpha value is -1.88. The second-order valence-electron chi connectivity index (χ2n) is 4.17. The van der Waals surface area contributed by atoms with Crippen LogP contribution in [0.1, 0.15) is 13.3 Å². The van der Waals surface area contributed by atoms with Gasteiger partial charge in [-0.3, -0.25) is 0 Å². The van der Waals surface area contributed by atoms with E-state index in [0.29, 0.717) is 28.0 Å². The van der Waals surface area contributed by atoms with Crippen molar-refractivity contribution in [1.29, 1.82) is 0 Å². The van der Waals surface area contributed by atoms with Crippen molar-refractivity contribution in [2.75, 3.05) is 12.9 Å². The fourth-order valence-corrected chi connectivity index (χ4v) is 2.38. The van der Waals surface area contributed by atoms with Gasteiger partial charge in [0.2, 0.25) is 0 Å². The average molecular weight is 292 g/mol. The number of hydrogen-bond donors (Lipinski definition) is 1. The minimum atomic E-state index is -0.727. The fourth-order valence-electron chi connectivity index (χ4n) is 1.85. The average Bonchev–Trinajstić information content (AvgIpc) is 2.48. The van der Waals surface area contributed by atoms with Gasteiger partial charge < -0.3 is 14.6 Å². The van der Waals surface area contributed by atoms with E-state index in [2.05, 4.69) is 0 Å². The van der Waals surface area contributed by atoms with Crippen molar-refractivity contribution >= 4 is 28.7 Å². The van der Waals surface area contributed by atoms with Crippen LogP contribution in [0.2, 0.25) is 0 Å². The zero-order valence-corrected chi connectivity index (χ0v) is 12.2. The van der Waals surface area contributed by atoms with Crippen molar-refractivity contribution in [3.63, 3.8) is 0 Å². The molecule has 0 heterocycles. The molecule has 0 radical (unpaired) electrons. The Kier molecular flexibility index (Phi) is 4.74. The minimum Gasteiger partial charge on any atom is -0.506 e. The number of benzene rings is 2. The molecule has 0 fully saturated rings. The van der Waals surface area contributed by atoms with E-state index >= 15 is 0 Å². The normalized spacial score (nSPS) is 10.5. The van der Waals surface area contributed by atoms with Crippen molar-refractivity contribution in [3.05, 3.63) is 30.3 Å². The Balaban J connectivity index is 2.41. The van der Waals surface area contributed by atoms with E-state index in [0.717, 1.165) is 6.42 Å². The number of rotatable bonds is 4. The van der Waals surface area contributed by atoms with Gasteiger partial charge in [-0.15, -0.1) is 11.8 Å². The molecule has 0 spiro atoms. The third kappa shape index (κ3) is 2.99. The first-order valence-electron chi connectivity index (χ1n) is 6.30. The van der Waals surface area contributed by atoms with Gasteiger partial charge in [0.1, 0.15) is 11.5 Å². The van der Waals surface area contributed by atoms with E-state index in [1.165, 1.54) is 11.8 Å². The maximum atomic E-state index is 11.6. The quantitative estimate of drug-likeness (QED) is 0.520. The Morgan fingerprint density at radius 2 is 2.00 bits per heavy atom. The molecule has 2 aromatic rings. The first-order valence-corrected chi connectivity index (χ1v) is 7.53. The van der Waals surface area contributed by atoms with E-state index in [1.807, 2.05) is 25.3 Å². The Bertz CT molecular complexity index is 625. The molecule has 0 aromatic heterocycles. The molecule has 106 valence electrons. The summed E-state index contributed by atoms with van der Waals surface area (Å²) in [5.41, 5.74) is 0. The second kappa shape index (κ2) is 6.52. The number of carbonyl (C=O) groups is 1. The minimum absolute atomic E-state index is 0.197. The van der Waals surface area contributed by atoms with Gasteiger partial charge in [-0.1, -0.05) is 31.2 Å². The molecule has 20 heavy (non-hydrogen) atoms. The number of fused-ring (bicyclic) bond motifs is 1. The molecule has 5 heteroatoms. The zero-order valence-electron chi connectivity index (χ0n) is 11.4. The third-order valence-electron chi connectivity index (χ3n) is 2.78. The van der Waals surface area contributed by atoms with Gasteiger partial charge in [-0.2, -0.15) is 0 Å². The fraction of sp³-hybridized carbons (Fsp3) is 0.267. The topological polar surface area (TPSA) is 55.8 Å². The summed E-state index contributed by atoms with van der Waals surface area (Å²) in [5.74, 6) is 0.589. The van der Waals surface area contributed by atoms with Crippen LogP contribution in [0.15, 0.2) is 35.2 Å². The predicted octanol–water partition coefficient (Wildman–Crippen LogP) is 4.19. The van der Waals surface area contributed by atoms with Crippen LogP contribution in [0.25, 0.3) is 10.8 Å². The van der Waals surface area contributed by atoms with Crippen molar-refractivity contribution in [2.24, 2.45) is 0 Å². The van der Waals surface area contributed by atoms with Gasteiger partial charge in [0.15, 0.2) is 0 Å². The molecular weight excluding hydrogens is 276 g/mol. The lowest BCUT2D eigenvalue weighted by atomic mass is 10.1. The van der Waals surface area contributed by atoms with Crippen LogP contribution in [0.3, 0.4) is 0 Å². The van der Waals surface area contributed by atoms with E-state index < -0.39 is 6.16 Å². The van der Waals surface area contributed by atoms with E-state index in [1.54, 1.807) is 18.2 Å². The molecule has 0 unspecified atom stereocenters. The number of aromatic hydroxyl groups is 1. The molecule has 4 nitrogen and oxygen atoms in total. The highest BCUT2D eigenvalue weighted by Crippen LogP contribution is 2.40. The highest BCUT2D eigenvalue weighted by molar-refractivity contribution is 7.98. The van der Waals surface area contributed by atoms with Gasteiger partial charge in [-0.25, -0.2) is 4.79 Å². The number of ether oxygens (including phenoxy) is 2. The highest BCUT2D eigenvalue weighted by atomic mass is 32.2. The van der Waals surface area contributed by atoms with Crippen LogP contribution in [0.4, 0.5) is 4.79 Å². The largest absolute Gasteiger partial charge is 0.513 e. The zero-order chi connectivity index (χ0) is 14.5. The molecule has 0 saturated heterocycles. The van der Waals surface area contributed by atoms with E-state index in [9.17, 15) is 9.90 Å². The maximum absolute atomic E-state index is 11.6. The van der Waals surface area contributed by atoms with Crippen molar-refractivity contribution < 1.29 is 19.4 Å². The van der Waals surface area contributed by atoms with Crippen molar-refractivity contribution in [1.82, 2.24) is 0 Å². The number of phenolic OH excluding ortho intramolecular Hbond substituents is 1. The van der Waals surface area contributed by atoms with Crippen molar-refractivity contribution in [2.45, 2.75) is 18.2 Å². The lowest BCUT2D eigenvalue weighted by Crippen LogP contribution is -2.11. The second-order valence-corrected chi connectivity index (χ2v) is 5.02. The Morgan fingerprint density at radius 1 is 1.30 bits per heavy atom. The summed E-state index contributed by atoms with van der Waals surface area (Å²) in [6, 6.07) is 8.88. The summed E-state index contributed by atoms with van der Waals surface area (Å²) in [6.07, 6.45) is 1.86. The smallest absolute Gasteiger partial charge is 0.506 e. The summed E-state index contributed by atoms with van der Waals surface area (Å²) in [4.78, 5) is 12.2. The summed E-state index contributed by atoms with van der Waals surface area (Å²) in [6.45, 7) is 2.24. The summed E-state index contributed by atoms with van der Waals surface area (Å²) < 4.78 is 10.2. The van der Waals surface area contributed by atoms with Crippen LogP contribution in [-0.2, 0) is 4.74 Å². The van der Waals surface area contributed by atoms with Crippen LogP contribution in [0.5, 0.6) is 11.5 Å². The summed E-state index contributed by atoms with van der Waals surface area (Å²) in [7, 11) is 0. The molecular formula is C15H16O4S. The van der Waals surface area contributed by atoms with Crippen LogP contribution in [0, 0.1) is 0 Å². The summed E-state index contributed by atoms with van der Waals surface area (Å²) in [5, 5.41) is 11.5. The van der Waals surface area contributed by atoms with Gasteiger partial charge in [0.05, 0.1) is 11.5 Å². The lowest BCUT2D eigenvalue weighted by molar-refractivity contribution is 0.0996. The van der Waals surface area contributed by atoms with Gasteiger partial charge in [-0.05, 0) is 18.7 Å². The molecule has 0 aliphatic carbocycles. The molecule has 0 aliphatic heterocycles. The van der Waals surface area contributed by atoms with E-state index in [4.69, 9.17) is 9.47 Å². The van der Waals surface area contributed by atoms with Gasteiger partial charge in [0, 0.05) is 10.8 Å². The first kappa shape index (κ1) is 14.5. The first-order chi connectivity index (χ1) is 9.67. The Morgan fingerprint density at radius 3 is 2.65 bits per heavy atom. The molecule has 0 aliphatic rings. The molecule has 0 atom stereocenters. The molecule has 0 bridgehead atoms.